The summed E-state index contributed by atoms with van der Waals surface area (Å²) in [7, 11) is 0. The number of amides is 1. The number of aryl methyl sites for hydroxylation is 1. The van der Waals surface area contributed by atoms with Gasteiger partial charge in [-0.15, -0.1) is 0 Å². The molecule has 29 heavy (non-hydrogen) atoms. The molecule has 5 nitrogen and oxygen atoms in total. The molecular weight excluding hydrogens is 430 g/mol. The number of benzene rings is 2. The molecule has 1 heterocycles. The second kappa shape index (κ2) is 9.65. The molecule has 3 aromatic rings. The molecule has 0 saturated carbocycles. The van der Waals surface area contributed by atoms with Gasteiger partial charge in [-0.1, -0.05) is 66.2 Å². The zero-order valence-corrected chi connectivity index (χ0v) is 18.1. The minimum absolute atomic E-state index is 0.117. The van der Waals surface area contributed by atoms with Crippen LogP contribution < -0.4 is 10.9 Å². The van der Waals surface area contributed by atoms with E-state index < -0.39 is 0 Å². The number of halogens is 1. The van der Waals surface area contributed by atoms with Crippen LogP contribution >= 0.6 is 15.9 Å². The van der Waals surface area contributed by atoms with Crippen molar-refractivity contribution < 1.29 is 4.79 Å². The van der Waals surface area contributed by atoms with Gasteiger partial charge < -0.3 is 5.32 Å². The SMILES string of the molecule is CC(C)c1ccc(-c2ccc(=O)n(CCC(=O)NCc3ccc(Br)cc3)n2)cc1. The van der Waals surface area contributed by atoms with Crippen molar-refractivity contribution in [3.05, 3.63) is 86.6 Å². The summed E-state index contributed by atoms with van der Waals surface area (Å²) >= 11 is 3.39. The molecule has 1 aromatic heterocycles. The van der Waals surface area contributed by atoms with Crippen molar-refractivity contribution in [2.75, 3.05) is 0 Å². The number of hydrogen-bond donors (Lipinski definition) is 1. The van der Waals surface area contributed by atoms with Crippen molar-refractivity contribution >= 4 is 21.8 Å². The van der Waals surface area contributed by atoms with E-state index in [0.717, 1.165) is 21.3 Å². The Bertz CT molecular complexity index is 1030. The van der Waals surface area contributed by atoms with E-state index in [-0.39, 0.29) is 24.4 Å². The molecule has 3 rings (SSSR count). The van der Waals surface area contributed by atoms with Crippen molar-refractivity contribution in [1.29, 1.82) is 0 Å². The molecule has 0 saturated heterocycles. The summed E-state index contributed by atoms with van der Waals surface area (Å²) in [4.78, 5) is 24.3. The second-order valence-corrected chi connectivity index (χ2v) is 8.13. The average Bonchev–Trinajstić information content (AvgIpc) is 2.73. The van der Waals surface area contributed by atoms with Gasteiger partial charge in [0.2, 0.25) is 5.91 Å². The van der Waals surface area contributed by atoms with Crippen LogP contribution in [0.25, 0.3) is 11.3 Å². The number of hydrogen-bond acceptors (Lipinski definition) is 3. The standard InChI is InChI=1S/C23H24BrN3O2/c1-16(2)18-5-7-19(8-6-18)21-11-12-23(29)27(26-21)14-13-22(28)25-15-17-3-9-20(24)10-4-17/h3-12,16H,13-15H2,1-2H3,(H,25,28). The first kappa shape index (κ1) is 21.0. The summed E-state index contributed by atoms with van der Waals surface area (Å²) in [6.07, 6.45) is 0.194. The van der Waals surface area contributed by atoms with Crippen LogP contribution in [-0.4, -0.2) is 15.7 Å². The highest BCUT2D eigenvalue weighted by molar-refractivity contribution is 9.10. The van der Waals surface area contributed by atoms with Crippen LogP contribution in [0.2, 0.25) is 0 Å². The summed E-state index contributed by atoms with van der Waals surface area (Å²) in [5.41, 5.74) is 3.72. The van der Waals surface area contributed by atoms with Gasteiger partial charge >= 0.3 is 0 Å². The molecule has 6 heteroatoms. The van der Waals surface area contributed by atoms with Gasteiger partial charge in [-0.05, 0) is 35.2 Å². The fraction of sp³-hybridized carbons (Fsp3) is 0.261. The lowest BCUT2D eigenvalue weighted by atomic mass is 10.0. The highest BCUT2D eigenvalue weighted by Crippen LogP contribution is 2.20. The van der Waals surface area contributed by atoms with Gasteiger partial charge in [0.15, 0.2) is 0 Å². The number of nitrogens with zero attached hydrogens (tertiary/aromatic N) is 2. The molecule has 0 unspecified atom stereocenters. The van der Waals surface area contributed by atoms with Gasteiger partial charge in [-0.3, -0.25) is 9.59 Å². The van der Waals surface area contributed by atoms with Crippen LogP contribution in [0.5, 0.6) is 0 Å². The summed E-state index contributed by atoms with van der Waals surface area (Å²) in [5, 5.41) is 7.31. The Labute approximate surface area is 178 Å². The Morgan fingerprint density at radius 3 is 2.38 bits per heavy atom. The summed E-state index contributed by atoms with van der Waals surface area (Å²) in [6.45, 7) is 4.99. The van der Waals surface area contributed by atoms with Crippen molar-refractivity contribution in [2.24, 2.45) is 0 Å². The maximum Gasteiger partial charge on any atom is 0.266 e. The summed E-state index contributed by atoms with van der Waals surface area (Å²) < 4.78 is 2.35. The van der Waals surface area contributed by atoms with E-state index in [9.17, 15) is 9.59 Å². The van der Waals surface area contributed by atoms with Gasteiger partial charge in [0.25, 0.3) is 5.56 Å². The Morgan fingerprint density at radius 2 is 1.72 bits per heavy atom. The van der Waals surface area contributed by atoms with Gasteiger partial charge in [-0.25, -0.2) is 4.68 Å². The highest BCUT2D eigenvalue weighted by atomic mass is 79.9. The van der Waals surface area contributed by atoms with Gasteiger partial charge in [0, 0.05) is 29.1 Å². The Morgan fingerprint density at radius 1 is 1.03 bits per heavy atom. The van der Waals surface area contributed by atoms with Gasteiger partial charge in [-0.2, -0.15) is 5.10 Å². The zero-order valence-electron chi connectivity index (χ0n) is 16.6. The molecule has 0 atom stereocenters. The molecule has 0 aliphatic heterocycles. The third kappa shape index (κ3) is 5.87. The van der Waals surface area contributed by atoms with E-state index in [4.69, 9.17) is 0 Å². The zero-order chi connectivity index (χ0) is 20.8. The van der Waals surface area contributed by atoms with E-state index in [0.29, 0.717) is 12.5 Å². The molecule has 0 fully saturated rings. The first-order valence-corrected chi connectivity index (χ1v) is 10.4. The van der Waals surface area contributed by atoms with Gasteiger partial charge in [0.05, 0.1) is 12.2 Å². The van der Waals surface area contributed by atoms with Crippen molar-refractivity contribution in [2.45, 2.75) is 39.3 Å². The molecular formula is C23H24BrN3O2. The summed E-state index contributed by atoms with van der Waals surface area (Å²) in [5.74, 6) is 0.343. The lowest BCUT2D eigenvalue weighted by Gasteiger charge is -2.09. The number of carbonyl (C=O) groups is 1. The first-order valence-electron chi connectivity index (χ1n) is 9.62. The largest absolute Gasteiger partial charge is 0.352 e. The molecule has 1 N–H and O–H groups in total. The monoisotopic (exact) mass is 453 g/mol. The fourth-order valence-corrected chi connectivity index (χ4v) is 3.16. The number of aromatic nitrogens is 2. The minimum Gasteiger partial charge on any atom is -0.352 e. The number of nitrogens with one attached hydrogen (secondary N) is 1. The lowest BCUT2D eigenvalue weighted by Crippen LogP contribution is -2.28. The van der Waals surface area contributed by atoms with E-state index in [1.54, 1.807) is 6.07 Å². The maximum absolute atomic E-state index is 12.2. The predicted octanol–water partition coefficient (Wildman–Crippen LogP) is 4.50. The first-order chi connectivity index (χ1) is 13.9. The summed E-state index contributed by atoms with van der Waals surface area (Å²) in [6, 6.07) is 19.2. The molecule has 2 aromatic carbocycles. The quantitative estimate of drug-likeness (QED) is 0.572. The Balaban J connectivity index is 1.61. The van der Waals surface area contributed by atoms with Crippen LogP contribution in [0.15, 0.2) is 69.9 Å². The topological polar surface area (TPSA) is 64.0 Å². The van der Waals surface area contributed by atoms with E-state index in [1.165, 1.54) is 16.3 Å². The number of carbonyl (C=O) groups excluding carboxylic acids is 1. The highest BCUT2D eigenvalue weighted by Gasteiger charge is 2.07. The number of rotatable bonds is 7. The average molecular weight is 454 g/mol. The smallest absolute Gasteiger partial charge is 0.266 e. The van der Waals surface area contributed by atoms with Gasteiger partial charge in [0.1, 0.15) is 0 Å². The van der Waals surface area contributed by atoms with Crippen LogP contribution in [0.3, 0.4) is 0 Å². The minimum atomic E-state index is -0.215. The lowest BCUT2D eigenvalue weighted by molar-refractivity contribution is -0.121. The molecule has 0 aliphatic carbocycles. The fourth-order valence-electron chi connectivity index (χ4n) is 2.90. The molecule has 0 aliphatic rings. The van der Waals surface area contributed by atoms with Crippen molar-refractivity contribution in [3.63, 3.8) is 0 Å². The third-order valence-corrected chi connectivity index (χ3v) is 5.22. The Kier molecular flexibility index (Phi) is 6.99. The van der Waals surface area contributed by atoms with E-state index >= 15 is 0 Å². The van der Waals surface area contributed by atoms with Crippen LogP contribution in [0, 0.1) is 0 Å². The predicted molar refractivity (Wildman–Crippen MR) is 119 cm³/mol. The Hall–Kier alpha value is -2.73. The maximum atomic E-state index is 12.2. The van der Waals surface area contributed by atoms with Crippen LogP contribution in [0.4, 0.5) is 0 Å². The molecule has 1 amide bonds. The van der Waals surface area contributed by atoms with Crippen molar-refractivity contribution in [1.82, 2.24) is 15.1 Å². The molecule has 150 valence electrons. The van der Waals surface area contributed by atoms with E-state index in [2.05, 4.69) is 52.3 Å². The third-order valence-electron chi connectivity index (χ3n) is 4.69. The van der Waals surface area contributed by atoms with Crippen LogP contribution in [0.1, 0.15) is 37.3 Å². The van der Waals surface area contributed by atoms with Crippen molar-refractivity contribution in [3.8, 4) is 11.3 Å². The normalized spacial score (nSPS) is 10.9. The molecule has 0 bridgehead atoms. The molecule has 0 radical (unpaired) electrons. The molecule has 0 spiro atoms. The van der Waals surface area contributed by atoms with Crippen LogP contribution in [-0.2, 0) is 17.9 Å². The second-order valence-electron chi connectivity index (χ2n) is 7.21. The van der Waals surface area contributed by atoms with E-state index in [1.807, 2.05) is 36.4 Å².